The average molecular weight is 215 g/mol. The summed E-state index contributed by atoms with van der Waals surface area (Å²) in [6.07, 6.45) is 3.20. The van der Waals surface area contributed by atoms with Crippen LogP contribution in [0.25, 0.3) is 0 Å². The van der Waals surface area contributed by atoms with E-state index in [1.54, 1.807) is 12.4 Å². The molecule has 16 heavy (non-hydrogen) atoms. The van der Waals surface area contributed by atoms with Crippen LogP contribution in [0.5, 0.6) is 11.6 Å². The van der Waals surface area contributed by atoms with Gasteiger partial charge >= 0.3 is 0 Å². The lowest BCUT2D eigenvalue weighted by Crippen LogP contribution is -2.01. The van der Waals surface area contributed by atoms with Gasteiger partial charge in [-0.15, -0.1) is 0 Å². The molecular weight excluding hydrogens is 202 g/mol. The largest absolute Gasteiger partial charge is 0.437 e. The maximum absolute atomic E-state index is 5.57. The van der Waals surface area contributed by atoms with Gasteiger partial charge in [-0.2, -0.15) is 0 Å². The van der Waals surface area contributed by atoms with Gasteiger partial charge in [-0.05, 0) is 24.6 Å². The van der Waals surface area contributed by atoms with Crippen molar-refractivity contribution in [3.63, 3.8) is 0 Å². The van der Waals surface area contributed by atoms with E-state index in [0.29, 0.717) is 18.1 Å². The number of nitrogens with zero attached hydrogens (tertiary/aromatic N) is 2. The van der Waals surface area contributed by atoms with Gasteiger partial charge in [0, 0.05) is 12.7 Å². The lowest BCUT2D eigenvalue weighted by molar-refractivity contribution is 0.457. The Hall–Kier alpha value is -1.94. The molecule has 0 bridgehead atoms. The summed E-state index contributed by atoms with van der Waals surface area (Å²) in [5.41, 5.74) is 7.33. The van der Waals surface area contributed by atoms with Crippen LogP contribution in [0.2, 0.25) is 0 Å². The van der Waals surface area contributed by atoms with Crippen LogP contribution in [-0.2, 0) is 6.54 Å². The summed E-state index contributed by atoms with van der Waals surface area (Å²) in [6, 6.07) is 7.76. The second-order valence-electron chi connectivity index (χ2n) is 3.47. The summed E-state index contributed by atoms with van der Waals surface area (Å²) in [4.78, 5) is 8.21. The van der Waals surface area contributed by atoms with Gasteiger partial charge in [0.15, 0.2) is 0 Å². The monoisotopic (exact) mass is 215 g/mol. The zero-order valence-electron chi connectivity index (χ0n) is 9.05. The molecule has 1 aromatic carbocycles. The summed E-state index contributed by atoms with van der Waals surface area (Å²) in [7, 11) is 0. The molecule has 1 aromatic heterocycles. The molecule has 2 N–H and O–H groups in total. The second kappa shape index (κ2) is 4.72. The first-order valence-corrected chi connectivity index (χ1v) is 5.03. The summed E-state index contributed by atoms with van der Waals surface area (Å²) < 4.78 is 5.57. The van der Waals surface area contributed by atoms with E-state index in [4.69, 9.17) is 10.5 Å². The molecule has 82 valence electrons. The molecule has 0 aliphatic rings. The van der Waals surface area contributed by atoms with Gasteiger partial charge in [0.05, 0.1) is 11.9 Å². The third kappa shape index (κ3) is 2.55. The van der Waals surface area contributed by atoms with Crippen molar-refractivity contribution in [3.05, 3.63) is 47.9 Å². The number of rotatable bonds is 3. The number of aromatic nitrogens is 2. The Morgan fingerprint density at radius 3 is 2.94 bits per heavy atom. The van der Waals surface area contributed by atoms with Crippen molar-refractivity contribution in [3.8, 4) is 11.6 Å². The Morgan fingerprint density at radius 2 is 2.19 bits per heavy atom. The van der Waals surface area contributed by atoms with E-state index in [1.165, 1.54) is 0 Å². The molecule has 2 aromatic rings. The highest BCUT2D eigenvalue weighted by Gasteiger charge is 2.00. The van der Waals surface area contributed by atoms with Gasteiger partial charge in [0.25, 0.3) is 0 Å². The molecule has 2 rings (SSSR count). The topological polar surface area (TPSA) is 61.0 Å². The fraction of sp³-hybridized carbons (Fsp3) is 0.167. The minimum atomic E-state index is 0.359. The zero-order valence-corrected chi connectivity index (χ0v) is 9.05. The van der Waals surface area contributed by atoms with Crippen LogP contribution in [0.3, 0.4) is 0 Å². The van der Waals surface area contributed by atoms with Crippen molar-refractivity contribution in [2.75, 3.05) is 0 Å². The zero-order chi connectivity index (χ0) is 11.4. The highest BCUT2D eigenvalue weighted by atomic mass is 16.5. The summed E-state index contributed by atoms with van der Waals surface area (Å²) in [6.45, 7) is 2.37. The highest BCUT2D eigenvalue weighted by Crippen LogP contribution is 2.19. The Bertz CT molecular complexity index is 485. The normalized spacial score (nSPS) is 10.1. The van der Waals surface area contributed by atoms with E-state index in [1.807, 2.05) is 31.2 Å². The van der Waals surface area contributed by atoms with Crippen LogP contribution in [0.4, 0.5) is 0 Å². The maximum atomic E-state index is 5.57. The molecule has 0 aliphatic heterocycles. The number of benzene rings is 1. The molecule has 0 atom stereocenters. The molecule has 0 amide bonds. The Kier molecular flexibility index (Phi) is 3.12. The second-order valence-corrected chi connectivity index (χ2v) is 3.47. The van der Waals surface area contributed by atoms with E-state index in [2.05, 4.69) is 9.97 Å². The molecule has 4 heteroatoms. The van der Waals surface area contributed by atoms with Crippen LogP contribution >= 0.6 is 0 Å². The third-order valence-corrected chi connectivity index (χ3v) is 2.08. The van der Waals surface area contributed by atoms with Crippen molar-refractivity contribution >= 4 is 0 Å². The smallest absolute Gasteiger partial charge is 0.238 e. The Labute approximate surface area is 94.1 Å². The van der Waals surface area contributed by atoms with Crippen molar-refractivity contribution in [2.24, 2.45) is 5.73 Å². The first-order chi connectivity index (χ1) is 7.78. The van der Waals surface area contributed by atoms with Gasteiger partial charge in [-0.1, -0.05) is 12.1 Å². The lowest BCUT2D eigenvalue weighted by atomic mass is 10.2. The quantitative estimate of drug-likeness (QED) is 0.851. The average Bonchev–Trinajstić information content (AvgIpc) is 2.29. The molecule has 4 nitrogen and oxygen atoms in total. The van der Waals surface area contributed by atoms with Crippen LogP contribution in [0.15, 0.2) is 36.7 Å². The van der Waals surface area contributed by atoms with E-state index >= 15 is 0 Å². The van der Waals surface area contributed by atoms with E-state index in [9.17, 15) is 0 Å². The van der Waals surface area contributed by atoms with Crippen molar-refractivity contribution in [2.45, 2.75) is 13.5 Å². The number of aryl methyl sites for hydroxylation is 1. The number of hydrogen-bond acceptors (Lipinski definition) is 4. The number of hydrogen-bond donors (Lipinski definition) is 1. The molecule has 0 unspecified atom stereocenters. The summed E-state index contributed by atoms with van der Waals surface area (Å²) in [5, 5.41) is 0. The van der Waals surface area contributed by atoms with Gasteiger partial charge in [0.1, 0.15) is 5.75 Å². The molecule has 0 radical (unpaired) electrons. The van der Waals surface area contributed by atoms with Crippen LogP contribution < -0.4 is 10.5 Å². The molecule has 0 spiro atoms. The van der Waals surface area contributed by atoms with E-state index in [-0.39, 0.29) is 0 Å². The minimum Gasteiger partial charge on any atom is -0.437 e. The molecule has 0 saturated carbocycles. The molecule has 0 saturated heterocycles. The number of nitrogens with two attached hydrogens (primary N) is 1. The first-order valence-electron chi connectivity index (χ1n) is 5.03. The standard InChI is InChI=1S/C12H13N3O/c1-9-3-2-4-11(5-9)16-12-8-14-7-10(6-13)15-12/h2-5,7-8H,6,13H2,1H3. The van der Waals surface area contributed by atoms with Gasteiger partial charge in [-0.25, -0.2) is 4.98 Å². The maximum Gasteiger partial charge on any atom is 0.238 e. The van der Waals surface area contributed by atoms with Crippen molar-refractivity contribution in [1.82, 2.24) is 9.97 Å². The van der Waals surface area contributed by atoms with Crippen LogP contribution in [0.1, 0.15) is 11.3 Å². The predicted octanol–water partition coefficient (Wildman–Crippen LogP) is 2.04. The molecular formula is C12H13N3O. The molecule has 0 aliphatic carbocycles. The predicted molar refractivity (Wildman–Crippen MR) is 61.2 cm³/mol. The Balaban J connectivity index is 2.20. The Morgan fingerprint density at radius 1 is 1.31 bits per heavy atom. The van der Waals surface area contributed by atoms with Crippen LogP contribution in [0, 0.1) is 6.92 Å². The van der Waals surface area contributed by atoms with Gasteiger partial charge in [-0.3, -0.25) is 4.98 Å². The van der Waals surface area contributed by atoms with Gasteiger partial charge < -0.3 is 10.5 Å². The third-order valence-electron chi connectivity index (χ3n) is 2.08. The minimum absolute atomic E-state index is 0.359. The SMILES string of the molecule is Cc1cccc(Oc2cncc(CN)n2)c1. The van der Waals surface area contributed by atoms with Gasteiger partial charge in [0.2, 0.25) is 5.88 Å². The van der Waals surface area contributed by atoms with Crippen molar-refractivity contribution < 1.29 is 4.74 Å². The number of ether oxygens (including phenoxy) is 1. The summed E-state index contributed by atoms with van der Waals surface area (Å²) >= 11 is 0. The lowest BCUT2D eigenvalue weighted by Gasteiger charge is -2.05. The van der Waals surface area contributed by atoms with E-state index < -0.39 is 0 Å². The van der Waals surface area contributed by atoms with Crippen molar-refractivity contribution in [1.29, 1.82) is 0 Å². The summed E-state index contributed by atoms with van der Waals surface area (Å²) in [5.74, 6) is 1.22. The van der Waals surface area contributed by atoms with Crippen LogP contribution in [-0.4, -0.2) is 9.97 Å². The highest BCUT2D eigenvalue weighted by molar-refractivity contribution is 5.30. The fourth-order valence-electron chi connectivity index (χ4n) is 1.33. The first kappa shape index (κ1) is 10.6. The van der Waals surface area contributed by atoms with E-state index in [0.717, 1.165) is 11.3 Å². The molecule has 0 fully saturated rings. The molecule has 1 heterocycles. The fourth-order valence-corrected chi connectivity index (χ4v) is 1.33.